The molecule has 1 aliphatic rings. The lowest BCUT2D eigenvalue weighted by Gasteiger charge is -2.22. The molecule has 0 unspecified atom stereocenters. The Morgan fingerprint density at radius 1 is 1.53 bits per heavy atom. The largest absolute Gasteiger partial charge is 0.364 e. The summed E-state index contributed by atoms with van der Waals surface area (Å²) < 4.78 is 0. The van der Waals surface area contributed by atoms with Gasteiger partial charge in [0.15, 0.2) is 0 Å². The highest BCUT2D eigenvalue weighted by atomic mass is 16.6. The van der Waals surface area contributed by atoms with Gasteiger partial charge in [-0.25, -0.2) is 4.98 Å². The molecule has 0 atom stereocenters. The van der Waals surface area contributed by atoms with Crippen LogP contribution in [-0.4, -0.2) is 29.5 Å². The van der Waals surface area contributed by atoms with E-state index < -0.39 is 4.92 Å². The summed E-state index contributed by atoms with van der Waals surface area (Å²) in [6.07, 6.45) is 3.78. The summed E-state index contributed by atoms with van der Waals surface area (Å²) in [4.78, 5) is 14.4. The van der Waals surface area contributed by atoms with Crippen molar-refractivity contribution in [3.05, 3.63) is 28.4 Å². The van der Waals surface area contributed by atoms with Crippen molar-refractivity contribution in [2.24, 2.45) is 5.92 Å². The van der Waals surface area contributed by atoms with Crippen LogP contribution in [0.15, 0.2) is 18.3 Å². The van der Waals surface area contributed by atoms with Gasteiger partial charge in [-0.2, -0.15) is 0 Å². The highest BCUT2D eigenvalue weighted by Crippen LogP contribution is 2.21. The Labute approximate surface area is 99.6 Å². The maximum atomic E-state index is 10.8. The molecule has 0 amide bonds. The van der Waals surface area contributed by atoms with E-state index in [1.807, 2.05) is 0 Å². The van der Waals surface area contributed by atoms with Crippen molar-refractivity contribution in [3.63, 3.8) is 0 Å². The maximum Gasteiger partial charge on any atom is 0.311 e. The zero-order valence-corrected chi connectivity index (χ0v) is 9.56. The van der Waals surface area contributed by atoms with Gasteiger partial charge in [-0.05, 0) is 37.9 Å². The van der Waals surface area contributed by atoms with E-state index >= 15 is 0 Å². The van der Waals surface area contributed by atoms with Crippen LogP contribution in [0.1, 0.15) is 12.8 Å². The van der Waals surface area contributed by atoms with Gasteiger partial charge in [-0.1, -0.05) is 0 Å². The number of hydrogen-bond donors (Lipinski definition) is 2. The molecule has 1 saturated heterocycles. The number of piperidine rings is 1. The minimum atomic E-state index is -0.405. The Bertz CT molecular complexity index is 391. The molecule has 2 N–H and O–H groups in total. The van der Waals surface area contributed by atoms with Gasteiger partial charge in [0.25, 0.3) is 0 Å². The molecule has 92 valence electrons. The third-order valence-corrected chi connectivity index (χ3v) is 3.00. The van der Waals surface area contributed by atoms with Gasteiger partial charge in [-0.15, -0.1) is 0 Å². The molecule has 0 spiro atoms. The second-order valence-electron chi connectivity index (χ2n) is 4.20. The van der Waals surface area contributed by atoms with E-state index in [-0.39, 0.29) is 5.69 Å². The van der Waals surface area contributed by atoms with Crippen LogP contribution in [0.25, 0.3) is 0 Å². The van der Waals surface area contributed by atoms with Crippen molar-refractivity contribution >= 4 is 11.5 Å². The molecular formula is C11H16N4O2. The third-order valence-electron chi connectivity index (χ3n) is 3.00. The zero-order chi connectivity index (χ0) is 12.1. The number of hydrogen-bond acceptors (Lipinski definition) is 5. The van der Waals surface area contributed by atoms with E-state index in [1.165, 1.54) is 6.07 Å². The molecule has 1 aliphatic heterocycles. The van der Waals surface area contributed by atoms with E-state index in [4.69, 9.17) is 0 Å². The summed E-state index contributed by atoms with van der Waals surface area (Å²) in [5, 5.41) is 17.2. The van der Waals surface area contributed by atoms with Crippen molar-refractivity contribution in [3.8, 4) is 0 Å². The highest BCUT2D eigenvalue weighted by Gasteiger charge is 2.17. The number of nitrogens with zero attached hydrogens (tertiary/aromatic N) is 2. The van der Waals surface area contributed by atoms with Crippen molar-refractivity contribution in [1.29, 1.82) is 0 Å². The Morgan fingerprint density at radius 3 is 3.00 bits per heavy atom. The predicted molar refractivity (Wildman–Crippen MR) is 65.0 cm³/mol. The standard InChI is InChI=1S/C11H16N4O2/c16-15(17)10-2-1-5-13-11(10)14-8-9-3-6-12-7-4-9/h1-2,5,9,12H,3-4,6-8H2,(H,13,14). The van der Waals surface area contributed by atoms with Crippen molar-refractivity contribution in [1.82, 2.24) is 10.3 Å². The van der Waals surface area contributed by atoms with Gasteiger partial charge in [0.1, 0.15) is 0 Å². The number of rotatable bonds is 4. The molecular weight excluding hydrogens is 220 g/mol. The van der Waals surface area contributed by atoms with Crippen LogP contribution in [0.3, 0.4) is 0 Å². The fraction of sp³-hybridized carbons (Fsp3) is 0.545. The van der Waals surface area contributed by atoms with Crippen LogP contribution in [0.2, 0.25) is 0 Å². The van der Waals surface area contributed by atoms with Crippen molar-refractivity contribution in [2.45, 2.75) is 12.8 Å². The first-order valence-corrected chi connectivity index (χ1v) is 5.81. The molecule has 0 radical (unpaired) electrons. The molecule has 1 aromatic heterocycles. The van der Waals surface area contributed by atoms with E-state index in [1.54, 1.807) is 12.3 Å². The quantitative estimate of drug-likeness (QED) is 0.610. The molecule has 0 aliphatic carbocycles. The Hall–Kier alpha value is -1.69. The topological polar surface area (TPSA) is 80.1 Å². The van der Waals surface area contributed by atoms with Gasteiger partial charge in [0, 0.05) is 18.8 Å². The third kappa shape index (κ3) is 3.13. The number of pyridine rings is 1. The molecule has 2 heterocycles. The average Bonchev–Trinajstić information content (AvgIpc) is 2.38. The SMILES string of the molecule is O=[N+]([O-])c1cccnc1NCC1CCNCC1. The zero-order valence-electron chi connectivity index (χ0n) is 9.56. The van der Waals surface area contributed by atoms with Crippen LogP contribution >= 0.6 is 0 Å². The second-order valence-corrected chi connectivity index (χ2v) is 4.20. The fourth-order valence-electron chi connectivity index (χ4n) is 2.01. The lowest BCUT2D eigenvalue weighted by Crippen LogP contribution is -2.31. The summed E-state index contributed by atoms with van der Waals surface area (Å²) in [5.41, 5.74) is 0.0430. The smallest absolute Gasteiger partial charge is 0.311 e. The summed E-state index contributed by atoms with van der Waals surface area (Å²) in [7, 11) is 0. The molecule has 6 heteroatoms. The molecule has 0 saturated carbocycles. The number of nitrogens with one attached hydrogen (secondary N) is 2. The average molecular weight is 236 g/mol. The van der Waals surface area contributed by atoms with Gasteiger partial charge in [0.2, 0.25) is 5.82 Å². The first-order chi connectivity index (χ1) is 8.27. The highest BCUT2D eigenvalue weighted by molar-refractivity contribution is 5.54. The van der Waals surface area contributed by atoms with E-state index in [9.17, 15) is 10.1 Å². The molecule has 6 nitrogen and oxygen atoms in total. The van der Waals surface area contributed by atoms with E-state index in [2.05, 4.69) is 15.6 Å². The lowest BCUT2D eigenvalue weighted by molar-refractivity contribution is -0.384. The van der Waals surface area contributed by atoms with Crippen LogP contribution in [0.5, 0.6) is 0 Å². The van der Waals surface area contributed by atoms with E-state index in [0.717, 1.165) is 32.5 Å². The minimum Gasteiger partial charge on any atom is -0.364 e. The number of nitro groups is 1. The first-order valence-electron chi connectivity index (χ1n) is 5.81. The Kier molecular flexibility index (Phi) is 3.87. The first kappa shape index (κ1) is 11.8. The Balaban J connectivity index is 1.96. The summed E-state index contributed by atoms with van der Waals surface area (Å²) in [5.74, 6) is 0.939. The summed E-state index contributed by atoms with van der Waals surface area (Å²) in [6.45, 7) is 2.80. The summed E-state index contributed by atoms with van der Waals surface area (Å²) in [6, 6.07) is 3.05. The van der Waals surface area contributed by atoms with E-state index in [0.29, 0.717) is 11.7 Å². The van der Waals surface area contributed by atoms with Crippen LogP contribution in [0, 0.1) is 16.0 Å². The summed E-state index contributed by atoms with van der Waals surface area (Å²) >= 11 is 0. The Morgan fingerprint density at radius 2 is 2.29 bits per heavy atom. The minimum absolute atomic E-state index is 0.0430. The molecule has 2 rings (SSSR count). The molecule has 1 fully saturated rings. The molecule has 0 bridgehead atoms. The lowest BCUT2D eigenvalue weighted by atomic mass is 9.98. The second kappa shape index (κ2) is 5.58. The number of anilines is 1. The molecule has 17 heavy (non-hydrogen) atoms. The fourth-order valence-corrected chi connectivity index (χ4v) is 2.01. The predicted octanol–water partition coefficient (Wildman–Crippen LogP) is 1.40. The normalized spacial score (nSPS) is 16.7. The van der Waals surface area contributed by atoms with Gasteiger partial charge in [0.05, 0.1) is 4.92 Å². The maximum absolute atomic E-state index is 10.8. The van der Waals surface area contributed by atoms with Crippen LogP contribution < -0.4 is 10.6 Å². The van der Waals surface area contributed by atoms with Gasteiger partial charge >= 0.3 is 5.69 Å². The molecule has 0 aromatic carbocycles. The van der Waals surface area contributed by atoms with Gasteiger partial charge < -0.3 is 10.6 Å². The van der Waals surface area contributed by atoms with Crippen LogP contribution in [-0.2, 0) is 0 Å². The molecule has 1 aromatic rings. The van der Waals surface area contributed by atoms with Crippen LogP contribution in [0.4, 0.5) is 11.5 Å². The van der Waals surface area contributed by atoms with Gasteiger partial charge in [-0.3, -0.25) is 10.1 Å². The number of aromatic nitrogens is 1. The van der Waals surface area contributed by atoms with Crippen molar-refractivity contribution < 1.29 is 4.92 Å². The van der Waals surface area contributed by atoms with Crippen molar-refractivity contribution in [2.75, 3.05) is 25.0 Å². The monoisotopic (exact) mass is 236 g/mol.